The standard InChI is InChI=1S/C14H29NO2/c1-4-10-16-11-12-17-14(6-5-7-14)8-9-15-13(2)3/h13,15H,4-12H2,1-3H3. The van der Waals surface area contributed by atoms with Crippen molar-refractivity contribution in [1.82, 2.24) is 5.32 Å². The second kappa shape index (κ2) is 8.06. The van der Waals surface area contributed by atoms with Gasteiger partial charge in [-0.3, -0.25) is 0 Å². The predicted molar refractivity (Wildman–Crippen MR) is 71.4 cm³/mol. The topological polar surface area (TPSA) is 30.5 Å². The summed E-state index contributed by atoms with van der Waals surface area (Å²) >= 11 is 0. The van der Waals surface area contributed by atoms with E-state index in [2.05, 4.69) is 26.1 Å². The molecule has 0 saturated heterocycles. The Morgan fingerprint density at radius 3 is 2.47 bits per heavy atom. The Kier molecular flexibility index (Phi) is 7.09. The van der Waals surface area contributed by atoms with E-state index in [9.17, 15) is 0 Å². The second-order valence-corrected chi connectivity index (χ2v) is 5.36. The summed E-state index contributed by atoms with van der Waals surface area (Å²) in [4.78, 5) is 0. The first-order valence-corrected chi connectivity index (χ1v) is 7.13. The monoisotopic (exact) mass is 243 g/mol. The summed E-state index contributed by atoms with van der Waals surface area (Å²) < 4.78 is 11.5. The van der Waals surface area contributed by atoms with E-state index in [0.29, 0.717) is 6.04 Å². The molecule has 0 aromatic rings. The number of ether oxygens (including phenoxy) is 2. The van der Waals surface area contributed by atoms with Crippen LogP contribution in [0.4, 0.5) is 0 Å². The average Bonchev–Trinajstić information content (AvgIpc) is 2.23. The highest BCUT2D eigenvalue weighted by atomic mass is 16.5. The zero-order valence-corrected chi connectivity index (χ0v) is 11.8. The lowest BCUT2D eigenvalue weighted by Gasteiger charge is -2.42. The molecule has 1 rings (SSSR count). The minimum Gasteiger partial charge on any atom is -0.379 e. The van der Waals surface area contributed by atoms with Crippen molar-refractivity contribution in [3.8, 4) is 0 Å². The van der Waals surface area contributed by atoms with Gasteiger partial charge in [-0.15, -0.1) is 0 Å². The maximum atomic E-state index is 6.03. The third kappa shape index (κ3) is 5.84. The smallest absolute Gasteiger partial charge is 0.0708 e. The van der Waals surface area contributed by atoms with Gasteiger partial charge >= 0.3 is 0 Å². The quantitative estimate of drug-likeness (QED) is 0.598. The van der Waals surface area contributed by atoms with Gasteiger partial charge in [-0.1, -0.05) is 20.8 Å². The molecule has 0 bridgehead atoms. The Balaban J connectivity index is 2.08. The van der Waals surface area contributed by atoms with Crippen LogP contribution in [0.5, 0.6) is 0 Å². The van der Waals surface area contributed by atoms with Crippen molar-refractivity contribution >= 4 is 0 Å². The molecule has 1 N–H and O–H groups in total. The molecule has 1 aliphatic rings. The largest absolute Gasteiger partial charge is 0.379 e. The molecule has 1 fully saturated rings. The Morgan fingerprint density at radius 1 is 1.18 bits per heavy atom. The van der Waals surface area contributed by atoms with Crippen molar-refractivity contribution in [2.45, 2.75) is 64.5 Å². The molecule has 0 amide bonds. The highest BCUT2D eigenvalue weighted by Gasteiger charge is 2.37. The van der Waals surface area contributed by atoms with Gasteiger partial charge in [0, 0.05) is 12.6 Å². The lowest BCUT2D eigenvalue weighted by molar-refractivity contribution is -0.117. The molecule has 0 aliphatic heterocycles. The molecule has 0 heterocycles. The fraction of sp³-hybridized carbons (Fsp3) is 1.00. The van der Waals surface area contributed by atoms with Crippen LogP contribution in [0, 0.1) is 0 Å². The molecule has 0 aromatic heterocycles. The van der Waals surface area contributed by atoms with Gasteiger partial charge in [-0.05, 0) is 38.6 Å². The van der Waals surface area contributed by atoms with Crippen LogP contribution in [0.2, 0.25) is 0 Å². The SMILES string of the molecule is CCCOCCOC1(CCNC(C)C)CCC1. The van der Waals surface area contributed by atoms with Gasteiger partial charge in [-0.25, -0.2) is 0 Å². The van der Waals surface area contributed by atoms with Gasteiger partial charge in [0.15, 0.2) is 0 Å². The summed E-state index contributed by atoms with van der Waals surface area (Å²) in [6, 6.07) is 0.569. The van der Waals surface area contributed by atoms with E-state index in [1.165, 1.54) is 19.3 Å². The minimum absolute atomic E-state index is 0.164. The van der Waals surface area contributed by atoms with E-state index in [1.807, 2.05) is 0 Å². The van der Waals surface area contributed by atoms with Gasteiger partial charge in [0.2, 0.25) is 0 Å². The van der Waals surface area contributed by atoms with Crippen molar-refractivity contribution in [2.75, 3.05) is 26.4 Å². The van der Waals surface area contributed by atoms with Gasteiger partial charge in [0.25, 0.3) is 0 Å². The van der Waals surface area contributed by atoms with Crippen LogP contribution in [-0.2, 0) is 9.47 Å². The lowest BCUT2D eigenvalue weighted by Crippen LogP contribution is -2.44. The van der Waals surface area contributed by atoms with Crippen molar-refractivity contribution in [1.29, 1.82) is 0 Å². The third-order valence-electron chi connectivity index (χ3n) is 3.38. The Bertz CT molecular complexity index is 191. The molecular weight excluding hydrogens is 214 g/mol. The maximum Gasteiger partial charge on any atom is 0.0708 e. The van der Waals surface area contributed by atoms with Crippen LogP contribution in [0.1, 0.15) is 52.9 Å². The number of hydrogen-bond acceptors (Lipinski definition) is 3. The molecule has 3 nitrogen and oxygen atoms in total. The summed E-state index contributed by atoms with van der Waals surface area (Å²) in [5.41, 5.74) is 0.164. The molecule has 0 aromatic carbocycles. The maximum absolute atomic E-state index is 6.03. The van der Waals surface area contributed by atoms with Crippen molar-refractivity contribution in [3.05, 3.63) is 0 Å². The second-order valence-electron chi connectivity index (χ2n) is 5.36. The fourth-order valence-electron chi connectivity index (χ4n) is 2.19. The van der Waals surface area contributed by atoms with Crippen LogP contribution in [0.3, 0.4) is 0 Å². The molecule has 17 heavy (non-hydrogen) atoms. The molecule has 1 saturated carbocycles. The summed E-state index contributed by atoms with van der Waals surface area (Å²) in [5, 5.41) is 3.47. The van der Waals surface area contributed by atoms with Gasteiger partial charge < -0.3 is 14.8 Å². The minimum atomic E-state index is 0.164. The van der Waals surface area contributed by atoms with Crippen molar-refractivity contribution in [3.63, 3.8) is 0 Å². The number of hydrogen-bond donors (Lipinski definition) is 1. The van der Waals surface area contributed by atoms with E-state index in [1.54, 1.807) is 0 Å². The average molecular weight is 243 g/mol. The van der Waals surface area contributed by atoms with E-state index in [-0.39, 0.29) is 5.60 Å². The summed E-state index contributed by atoms with van der Waals surface area (Å²) in [7, 11) is 0. The first-order valence-electron chi connectivity index (χ1n) is 7.13. The molecule has 1 aliphatic carbocycles. The van der Waals surface area contributed by atoms with Gasteiger partial charge in [-0.2, -0.15) is 0 Å². The molecule has 0 spiro atoms. The Labute approximate surface area is 106 Å². The summed E-state index contributed by atoms with van der Waals surface area (Å²) in [6.45, 7) is 9.92. The molecule has 0 unspecified atom stereocenters. The summed E-state index contributed by atoms with van der Waals surface area (Å²) in [5.74, 6) is 0. The normalized spacial score (nSPS) is 18.4. The zero-order chi connectivity index (χ0) is 12.6. The fourth-order valence-corrected chi connectivity index (χ4v) is 2.19. The third-order valence-corrected chi connectivity index (χ3v) is 3.38. The molecule has 3 heteroatoms. The number of rotatable bonds is 10. The van der Waals surface area contributed by atoms with Crippen LogP contribution in [0.15, 0.2) is 0 Å². The van der Waals surface area contributed by atoms with Crippen LogP contribution < -0.4 is 5.32 Å². The van der Waals surface area contributed by atoms with Crippen molar-refractivity contribution < 1.29 is 9.47 Å². The lowest BCUT2D eigenvalue weighted by atomic mass is 9.77. The van der Waals surface area contributed by atoms with Crippen molar-refractivity contribution in [2.24, 2.45) is 0 Å². The first-order chi connectivity index (χ1) is 8.18. The highest BCUT2D eigenvalue weighted by molar-refractivity contribution is 4.90. The van der Waals surface area contributed by atoms with Crippen LogP contribution in [-0.4, -0.2) is 38.0 Å². The van der Waals surface area contributed by atoms with Crippen LogP contribution >= 0.6 is 0 Å². The van der Waals surface area contributed by atoms with E-state index in [0.717, 1.165) is 39.2 Å². The molecule has 102 valence electrons. The first kappa shape index (κ1) is 14.9. The Morgan fingerprint density at radius 2 is 1.94 bits per heavy atom. The Hall–Kier alpha value is -0.120. The van der Waals surface area contributed by atoms with E-state index < -0.39 is 0 Å². The van der Waals surface area contributed by atoms with Crippen LogP contribution in [0.25, 0.3) is 0 Å². The highest BCUT2D eigenvalue weighted by Crippen LogP contribution is 2.38. The summed E-state index contributed by atoms with van der Waals surface area (Å²) in [6.07, 6.45) is 5.99. The molecule has 0 radical (unpaired) electrons. The predicted octanol–water partition coefficient (Wildman–Crippen LogP) is 2.74. The van der Waals surface area contributed by atoms with E-state index >= 15 is 0 Å². The number of nitrogens with one attached hydrogen (secondary N) is 1. The van der Waals surface area contributed by atoms with E-state index in [4.69, 9.17) is 9.47 Å². The van der Waals surface area contributed by atoms with Gasteiger partial charge in [0.05, 0.1) is 18.8 Å². The molecular formula is C14H29NO2. The zero-order valence-electron chi connectivity index (χ0n) is 11.8. The van der Waals surface area contributed by atoms with Gasteiger partial charge in [0.1, 0.15) is 0 Å². The molecule has 0 atom stereocenters.